The Labute approximate surface area is 235 Å². The molecule has 220 valence electrons. The van der Waals surface area contributed by atoms with Crippen molar-refractivity contribution in [2.24, 2.45) is 0 Å². The molecule has 0 bridgehead atoms. The number of alkyl carbamates (subject to hydrolysis) is 1. The van der Waals surface area contributed by atoms with E-state index < -0.39 is 35.4 Å². The van der Waals surface area contributed by atoms with Gasteiger partial charge >= 0.3 is 12.1 Å². The SMILES string of the molecule is CNC1(C2OC2CC=C(C)C)C(OC)C(OC(=O)NCc2ccc(NC(=O)CCCC(=O)O)cc2)CCC12CO2. The second-order valence-electron chi connectivity index (χ2n) is 11.0. The van der Waals surface area contributed by atoms with Crippen molar-refractivity contribution >= 4 is 23.7 Å². The van der Waals surface area contributed by atoms with Gasteiger partial charge in [-0.3, -0.25) is 9.59 Å². The van der Waals surface area contributed by atoms with E-state index in [2.05, 4.69) is 35.9 Å². The fraction of sp³-hybridized carbons (Fsp3) is 0.621. The van der Waals surface area contributed by atoms with Gasteiger partial charge in [0.25, 0.3) is 0 Å². The summed E-state index contributed by atoms with van der Waals surface area (Å²) in [4.78, 5) is 35.4. The number of amides is 2. The van der Waals surface area contributed by atoms with Crippen molar-refractivity contribution in [1.82, 2.24) is 10.6 Å². The predicted molar refractivity (Wildman–Crippen MR) is 147 cm³/mol. The average Bonchev–Trinajstić information content (AvgIpc) is 3.85. The highest BCUT2D eigenvalue weighted by atomic mass is 16.6. The quantitative estimate of drug-likeness (QED) is 0.211. The number of methoxy groups -OCH3 is 1. The van der Waals surface area contributed by atoms with Gasteiger partial charge in [-0.25, -0.2) is 4.79 Å². The number of hydrogen-bond acceptors (Lipinski definition) is 8. The van der Waals surface area contributed by atoms with Crippen molar-refractivity contribution in [3.05, 3.63) is 41.5 Å². The summed E-state index contributed by atoms with van der Waals surface area (Å²) in [5.41, 5.74) is 1.62. The molecule has 11 nitrogen and oxygen atoms in total. The lowest BCUT2D eigenvalue weighted by Gasteiger charge is -2.49. The van der Waals surface area contributed by atoms with E-state index in [1.165, 1.54) is 5.57 Å². The number of nitrogens with one attached hydrogen (secondary N) is 3. The number of aliphatic carboxylic acids is 1. The number of benzene rings is 1. The van der Waals surface area contributed by atoms with E-state index in [4.69, 9.17) is 24.1 Å². The van der Waals surface area contributed by atoms with Crippen molar-refractivity contribution in [1.29, 1.82) is 0 Å². The molecule has 40 heavy (non-hydrogen) atoms. The van der Waals surface area contributed by atoms with Crippen LogP contribution in [0.25, 0.3) is 0 Å². The molecule has 0 aromatic heterocycles. The molecule has 1 aromatic rings. The van der Waals surface area contributed by atoms with Crippen LogP contribution >= 0.6 is 0 Å². The summed E-state index contributed by atoms with van der Waals surface area (Å²) >= 11 is 0. The number of anilines is 1. The average molecular weight is 560 g/mol. The fourth-order valence-electron chi connectivity index (χ4n) is 5.91. The third kappa shape index (κ3) is 6.65. The van der Waals surface area contributed by atoms with Crippen LogP contribution in [0.3, 0.4) is 0 Å². The molecule has 2 aliphatic heterocycles. The first kappa shape index (κ1) is 30.0. The van der Waals surface area contributed by atoms with E-state index in [1.54, 1.807) is 31.4 Å². The fourth-order valence-corrected chi connectivity index (χ4v) is 5.91. The maximum Gasteiger partial charge on any atom is 0.407 e. The summed E-state index contributed by atoms with van der Waals surface area (Å²) in [5, 5.41) is 17.7. The van der Waals surface area contributed by atoms with Gasteiger partial charge in [0.15, 0.2) is 0 Å². The second kappa shape index (κ2) is 12.7. The van der Waals surface area contributed by atoms with Crippen LogP contribution in [-0.2, 0) is 35.1 Å². The van der Waals surface area contributed by atoms with Crippen molar-refractivity contribution in [3.8, 4) is 0 Å². The topological polar surface area (TPSA) is 151 Å². The zero-order valence-corrected chi connectivity index (χ0v) is 23.7. The Kier molecular flexibility index (Phi) is 9.50. The lowest BCUT2D eigenvalue weighted by atomic mass is 9.66. The van der Waals surface area contributed by atoms with Crippen LogP contribution in [0.4, 0.5) is 10.5 Å². The van der Waals surface area contributed by atoms with Crippen molar-refractivity contribution in [2.45, 2.75) is 94.5 Å². The van der Waals surface area contributed by atoms with Crippen LogP contribution in [0.15, 0.2) is 35.9 Å². The predicted octanol–water partition coefficient (Wildman–Crippen LogP) is 3.13. The van der Waals surface area contributed by atoms with E-state index in [0.717, 1.165) is 18.4 Å². The minimum atomic E-state index is -0.924. The van der Waals surface area contributed by atoms with Crippen molar-refractivity contribution in [2.75, 3.05) is 26.1 Å². The standard InChI is InChI=1S/C29H41N3O8/c1-18(2)8-13-21-26(39-21)29(30-3)25(37-4)22(14-15-28(29)17-38-28)40-27(36)31-16-19-9-11-20(12-10-19)32-23(33)6-5-7-24(34)35/h8-12,21-22,25-26,30H,5-7,13-17H2,1-4H3,(H,31,36)(H,32,33)(H,34,35). The number of carboxylic acid groups (broad SMARTS) is 1. The monoisotopic (exact) mass is 559 g/mol. The Morgan fingerprint density at radius 1 is 1.18 bits per heavy atom. The molecule has 2 heterocycles. The molecule has 11 heteroatoms. The Hall–Kier alpha value is -2.99. The molecule has 6 unspecified atom stereocenters. The van der Waals surface area contributed by atoms with Crippen LogP contribution in [0.2, 0.25) is 0 Å². The van der Waals surface area contributed by atoms with E-state index in [9.17, 15) is 14.4 Å². The van der Waals surface area contributed by atoms with E-state index in [-0.39, 0.29) is 43.9 Å². The molecule has 2 amide bonds. The van der Waals surface area contributed by atoms with Crippen LogP contribution in [0.5, 0.6) is 0 Å². The second-order valence-corrected chi connectivity index (χ2v) is 11.0. The van der Waals surface area contributed by atoms with Gasteiger partial charge in [0.1, 0.15) is 29.5 Å². The van der Waals surface area contributed by atoms with Crippen LogP contribution in [0, 0.1) is 0 Å². The van der Waals surface area contributed by atoms with Crippen molar-refractivity contribution < 1.29 is 38.4 Å². The first-order chi connectivity index (χ1) is 19.1. The Morgan fingerprint density at radius 3 is 2.50 bits per heavy atom. The van der Waals surface area contributed by atoms with Gasteiger partial charge in [-0.05, 0) is 64.3 Å². The summed E-state index contributed by atoms with van der Waals surface area (Å²) in [6, 6.07) is 7.06. The van der Waals surface area contributed by atoms with Gasteiger partial charge < -0.3 is 40.0 Å². The smallest absolute Gasteiger partial charge is 0.407 e. The molecule has 3 fully saturated rings. The molecule has 4 N–H and O–H groups in total. The maximum absolute atomic E-state index is 12.8. The lowest BCUT2D eigenvalue weighted by molar-refractivity contribution is -0.137. The molecule has 2 saturated heterocycles. The summed E-state index contributed by atoms with van der Waals surface area (Å²) in [5.74, 6) is -1.17. The zero-order valence-electron chi connectivity index (χ0n) is 23.7. The molecular formula is C29H41N3O8. The largest absolute Gasteiger partial charge is 0.481 e. The third-order valence-electron chi connectivity index (χ3n) is 8.05. The minimum absolute atomic E-state index is 0.0458. The molecule has 0 radical (unpaired) electrons. The minimum Gasteiger partial charge on any atom is -0.481 e. The maximum atomic E-state index is 12.8. The Balaban J connectivity index is 1.31. The number of hydrogen-bond donors (Lipinski definition) is 4. The van der Waals surface area contributed by atoms with E-state index in [1.807, 2.05) is 7.05 Å². The number of ether oxygens (including phenoxy) is 4. The number of epoxide rings is 2. The Bertz CT molecular complexity index is 1100. The third-order valence-corrected chi connectivity index (χ3v) is 8.05. The normalized spacial score (nSPS) is 30.3. The van der Waals surface area contributed by atoms with Crippen LogP contribution in [0.1, 0.15) is 57.9 Å². The summed E-state index contributed by atoms with van der Waals surface area (Å²) in [6.07, 6.45) is 3.13. The molecule has 3 aliphatic rings. The molecule has 4 rings (SSSR count). The van der Waals surface area contributed by atoms with Gasteiger partial charge in [0, 0.05) is 32.2 Å². The molecule has 6 atom stereocenters. The number of carbonyl (C=O) groups is 3. The van der Waals surface area contributed by atoms with Gasteiger partial charge in [-0.1, -0.05) is 23.8 Å². The molecular weight excluding hydrogens is 518 g/mol. The van der Waals surface area contributed by atoms with E-state index in [0.29, 0.717) is 18.7 Å². The molecule has 1 aliphatic carbocycles. The number of likely N-dealkylation sites (N-methyl/N-ethyl adjacent to an activating group) is 1. The van der Waals surface area contributed by atoms with Gasteiger partial charge in [0.2, 0.25) is 5.91 Å². The zero-order chi connectivity index (χ0) is 28.9. The van der Waals surface area contributed by atoms with Gasteiger partial charge in [-0.15, -0.1) is 0 Å². The summed E-state index contributed by atoms with van der Waals surface area (Å²) in [7, 11) is 3.52. The number of carboxylic acids is 1. The molecule has 1 saturated carbocycles. The Morgan fingerprint density at radius 2 is 1.90 bits per heavy atom. The van der Waals surface area contributed by atoms with Crippen LogP contribution in [-0.4, -0.2) is 79.4 Å². The number of rotatable bonds is 13. The highest BCUT2D eigenvalue weighted by Gasteiger charge is 2.76. The van der Waals surface area contributed by atoms with Crippen molar-refractivity contribution in [3.63, 3.8) is 0 Å². The lowest BCUT2D eigenvalue weighted by Crippen LogP contribution is -2.73. The highest BCUT2D eigenvalue weighted by molar-refractivity contribution is 5.90. The number of allylic oxidation sites excluding steroid dienone is 1. The number of carbonyl (C=O) groups excluding carboxylic acids is 2. The first-order valence-electron chi connectivity index (χ1n) is 13.8. The summed E-state index contributed by atoms with van der Waals surface area (Å²) in [6.45, 7) is 4.99. The summed E-state index contributed by atoms with van der Waals surface area (Å²) < 4.78 is 24.1. The first-order valence-corrected chi connectivity index (χ1v) is 13.8. The van der Waals surface area contributed by atoms with Gasteiger partial charge in [0.05, 0.1) is 12.7 Å². The molecule has 1 spiro atoms. The van der Waals surface area contributed by atoms with Crippen LogP contribution < -0.4 is 16.0 Å². The van der Waals surface area contributed by atoms with E-state index >= 15 is 0 Å². The van der Waals surface area contributed by atoms with Gasteiger partial charge in [-0.2, -0.15) is 0 Å². The molecule has 1 aromatic carbocycles. The highest BCUT2D eigenvalue weighted by Crippen LogP contribution is 2.56.